The minimum absolute atomic E-state index is 0.0134. The number of hydrogen-bond acceptors (Lipinski definition) is 6. The van der Waals surface area contributed by atoms with E-state index in [2.05, 4.69) is 24.3 Å². The average molecular weight is 267 g/mol. The lowest BCUT2D eigenvalue weighted by molar-refractivity contribution is -0.384. The fourth-order valence-corrected chi connectivity index (χ4v) is 1.73. The van der Waals surface area contributed by atoms with Crippen LogP contribution in [0, 0.1) is 16.0 Å². The lowest BCUT2D eigenvalue weighted by Crippen LogP contribution is -2.29. The first-order valence-electron chi connectivity index (χ1n) is 6.39. The lowest BCUT2D eigenvalue weighted by atomic mass is 10.1. The topological polar surface area (TPSA) is 97.3 Å². The van der Waals surface area contributed by atoms with Crippen molar-refractivity contribution in [1.82, 2.24) is 4.98 Å². The van der Waals surface area contributed by atoms with Gasteiger partial charge in [-0.1, -0.05) is 20.3 Å². The summed E-state index contributed by atoms with van der Waals surface area (Å²) in [6.45, 7) is 7.81. The van der Waals surface area contributed by atoms with E-state index in [1.165, 1.54) is 12.1 Å². The highest BCUT2D eigenvalue weighted by atomic mass is 16.6. The maximum Gasteiger partial charge on any atom is 0.276 e. The van der Waals surface area contributed by atoms with Crippen LogP contribution >= 0.6 is 0 Å². The smallest absolute Gasteiger partial charge is 0.276 e. The van der Waals surface area contributed by atoms with Crippen LogP contribution in [0.5, 0.6) is 0 Å². The molecule has 0 saturated carbocycles. The van der Waals surface area contributed by atoms with Crippen LogP contribution in [0.3, 0.4) is 0 Å². The number of hydrazine groups is 1. The number of rotatable bonds is 7. The molecule has 1 heterocycles. The molecule has 0 aliphatic rings. The van der Waals surface area contributed by atoms with Gasteiger partial charge >= 0.3 is 0 Å². The molecule has 1 rings (SSSR count). The van der Waals surface area contributed by atoms with E-state index in [-0.39, 0.29) is 5.69 Å². The zero-order chi connectivity index (χ0) is 14.4. The molecule has 7 nitrogen and oxygen atoms in total. The SMILES string of the molecule is CCC(C)CN(CC)c1cc([N+](=O)[O-])cc(NN)n1. The second kappa shape index (κ2) is 6.89. The average Bonchev–Trinajstić information content (AvgIpc) is 2.43. The van der Waals surface area contributed by atoms with Crippen LogP contribution in [-0.2, 0) is 0 Å². The van der Waals surface area contributed by atoms with Crippen LogP contribution in [0.4, 0.5) is 17.3 Å². The number of aromatic nitrogens is 1. The van der Waals surface area contributed by atoms with Crippen molar-refractivity contribution in [3.8, 4) is 0 Å². The fraction of sp³-hybridized carbons (Fsp3) is 0.583. The first kappa shape index (κ1) is 15.2. The summed E-state index contributed by atoms with van der Waals surface area (Å²) in [7, 11) is 0. The first-order valence-corrected chi connectivity index (χ1v) is 6.39. The molecule has 0 amide bonds. The number of anilines is 2. The Bertz CT molecular complexity index is 438. The Morgan fingerprint density at radius 2 is 2.21 bits per heavy atom. The molecule has 1 unspecified atom stereocenters. The van der Waals surface area contributed by atoms with Crippen molar-refractivity contribution in [3.05, 3.63) is 22.2 Å². The van der Waals surface area contributed by atoms with E-state index in [1.807, 2.05) is 11.8 Å². The third-order valence-corrected chi connectivity index (χ3v) is 3.09. The van der Waals surface area contributed by atoms with E-state index in [0.717, 1.165) is 19.5 Å². The van der Waals surface area contributed by atoms with Crippen LogP contribution < -0.4 is 16.2 Å². The summed E-state index contributed by atoms with van der Waals surface area (Å²) in [4.78, 5) is 16.8. The summed E-state index contributed by atoms with van der Waals surface area (Å²) in [6.07, 6.45) is 1.05. The van der Waals surface area contributed by atoms with Gasteiger partial charge in [0.05, 0.1) is 17.1 Å². The Hall–Kier alpha value is -1.89. The maximum absolute atomic E-state index is 10.9. The monoisotopic (exact) mass is 267 g/mol. The molecule has 0 bridgehead atoms. The van der Waals surface area contributed by atoms with Gasteiger partial charge in [0, 0.05) is 13.1 Å². The minimum atomic E-state index is -0.441. The molecular weight excluding hydrogens is 246 g/mol. The van der Waals surface area contributed by atoms with Gasteiger partial charge in [0.15, 0.2) is 0 Å². The van der Waals surface area contributed by atoms with Gasteiger partial charge in [0.2, 0.25) is 0 Å². The van der Waals surface area contributed by atoms with Gasteiger partial charge < -0.3 is 10.3 Å². The van der Waals surface area contributed by atoms with Crippen molar-refractivity contribution < 1.29 is 4.92 Å². The molecule has 0 aliphatic carbocycles. The fourth-order valence-electron chi connectivity index (χ4n) is 1.73. The molecule has 106 valence electrons. The molecule has 0 aliphatic heterocycles. The van der Waals surface area contributed by atoms with Gasteiger partial charge in [-0.05, 0) is 12.8 Å². The molecule has 0 aromatic carbocycles. The van der Waals surface area contributed by atoms with Crippen LogP contribution in [0.1, 0.15) is 27.2 Å². The van der Waals surface area contributed by atoms with E-state index < -0.39 is 4.92 Å². The number of pyridine rings is 1. The summed E-state index contributed by atoms with van der Waals surface area (Å²) in [5.41, 5.74) is 2.35. The van der Waals surface area contributed by atoms with Crippen molar-refractivity contribution in [1.29, 1.82) is 0 Å². The van der Waals surface area contributed by atoms with Gasteiger partial charge in [-0.15, -0.1) is 0 Å². The van der Waals surface area contributed by atoms with E-state index >= 15 is 0 Å². The zero-order valence-electron chi connectivity index (χ0n) is 11.6. The summed E-state index contributed by atoms with van der Waals surface area (Å²) in [5.74, 6) is 6.67. The van der Waals surface area contributed by atoms with E-state index in [1.54, 1.807) is 0 Å². The Balaban J connectivity index is 3.08. The quantitative estimate of drug-likeness (QED) is 0.446. The second-order valence-corrected chi connectivity index (χ2v) is 4.52. The largest absolute Gasteiger partial charge is 0.356 e. The van der Waals surface area contributed by atoms with Crippen molar-refractivity contribution in [2.75, 3.05) is 23.4 Å². The molecule has 0 saturated heterocycles. The highest BCUT2D eigenvalue weighted by Crippen LogP contribution is 2.23. The van der Waals surface area contributed by atoms with Crippen LogP contribution in [0.15, 0.2) is 12.1 Å². The molecule has 19 heavy (non-hydrogen) atoms. The third-order valence-electron chi connectivity index (χ3n) is 3.09. The number of nitrogens with zero attached hydrogens (tertiary/aromatic N) is 3. The number of nitrogen functional groups attached to an aromatic ring is 1. The number of nitrogens with two attached hydrogens (primary N) is 1. The van der Waals surface area contributed by atoms with Crippen molar-refractivity contribution in [2.24, 2.45) is 11.8 Å². The molecule has 7 heteroatoms. The number of nitro groups is 1. The van der Waals surface area contributed by atoms with Gasteiger partial charge in [0.25, 0.3) is 5.69 Å². The maximum atomic E-state index is 10.9. The summed E-state index contributed by atoms with van der Waals surface area (Å²) in [6, 6.07) is 2.80. The van der Waals surface area contributed by atoms with E-state index in [9.17, 15) is 10.1 Å². The van der Waals surface area contributed by atoms with E-state index in [4.69, 9.17) is 5.84 Å². The Morgan fingerprint density at radius 3 is 2.68 bits per heavy atom. The van der Waals surface area contributed by atoms with Crippen LogP contribution in [0.25, 0.3) is 0 Å². The molecule has 3 N–H and O–H groups in total. The third kappa shape index (κ3) is 4.06. The first-order chi connectivity index (χ1) is 9.01. The normalized spacial score (nSPS) is 12.0. The van der Waals surface area contributed by atoms with Gasteiger partial charge in [-0.2, -0.15) is 0 Å². The predicted octanol–water partition coefficient (Wildman–Crippen LogP) is 2.15. The Labute approximate surface area is 112 Å². The van der Waals surface area contributed by atoms with Crippen molar-refractivity contribution in [3.63, 3.8) is 0 Å². The molecule has 1 aromatic heterocycles. The Morgan fingerprint density at radius 1 is 1.53 bits per heavy atom. The van der Waals surface area contributed by atoms with Gasteiger partial charge in [-0.3, -0.25) is 10.1 Å². The molecule has 1 aromatic rings. The molecule has 0 fully saturated rings. The minimum Gasteiger partial charge on any atom is -0.356 e. The van der Waals surface area contributed by atoms with Crippen molar-refractivity contribution in [2.45, 2.75) is 27.2 Å². The summed E-state index contributed by atoms with van der Waals surface area (Å²) < 4.78 is 0. The number of nitrogens with one attached hydrogen (secondary N) is 1. The van der Waals surface area contributed by atoms with Crippen LogP contribution in [0.2, 0.25) is 0 Å². The Kier molecular flexibility index (Phi) is 5.50. The summed E-state index contributed by atoms with van der Waals surface area (Å²) in [5, 5.41) is 10.9. The summed E-state index contributed by atoms with van der Waals surface area (Å²) >= 11 is 0. The van der Waals surface area contributed by atoms with E-state index in [0.29, 0.717) is 17.6 Å². The molecule has 0 spiro atoms. The molecular formula is C12H21N5O2. The second-order valence-electron chi connectivity index (χ2n) is 4.52. The highest BCUT2D eigenvalue weighted by Gasteiger charge is 2.16. The standard InChI is InChI=1S/C12H21N5O2/c1-4-9(3)8-16(5-2)12-7-10(17(18)19)6-11(14-12)15-13/h6-7,9H,4-5,8,13H2,1-3H3,(H,14,15). The van der Waals surface area contributed by atoms with Gasteiger partial charge in [0.1, 0.15) is 11.6 Å². The highest BCUT2D eigenvalue weighted by molar-refractivity contribution is 5.55. The molecule has 0 radical (unpaired) electrons. The predicted molar refractivity (Wildman–Crippen MR) is 76.0 cm³/mol. The number of hydrogen-bond donors (Lipinski definition) is 2. The van der Waals surface area contributed by atoms with Crippen LogP contribution in [-0.4, -0.2) is 23.0 Å². The zero-order valence-corrected chi connectivity index (χ0v) is 11.6. The molecule has 1 atom stereocenters. The van der Waals surface area contributed by atoms with Gasteiger partial charge in [-0.25, -0.2) is 10.8 Å². The van der Waals surface area contributed by atoms with Crippen molar-refractivity contribution >= 4 is 17.3 Å². The lowest BCUT2D eigenvalue weighted by Gasteiger charge is -2.25.